The fourth-order valence-corrected chi connectivity index (χ4v) is 2.43. The molecule has 0 bridgehead atoms. The van der Waals surface area contributed by atoms with Crippen molar-refractivity contribution in [2.75, 3.05) is 7.11 Å². The minimum atomic E-state index is -0.295. The topological polar surface area (TPSA) is 26.3 Å². The molecule has 0 fully saturated rings. The Morgan fingerprint density at radius 2 is 1.58 bits per heavy atom. The van der Waals surface area contributed by atoms with Crippen LogP contribution in [-0.2, 0) is 4.74 Å². The van der Waals surface area contributed by atoms with Crippen LogP contribution in [0.3, 0.4) is 0 Å². The summed E-state index contributed by atoms with van der Waals surface area (Å²) in [5.41, 5.74) is 6.58. The van der Waals surface area contributed by atoms with Gasteiger partial charge in [0, 0.05) is 0 Å². The number of carbonyl (C=O) groups excluding carboxylic acids is 1. The number of hydrogen-bond acceptors (Lipinski definition) is 2. The number of esters is 1. The Kier molecular flexibility index (Phi) is 3.70. The summed E-state index contributed by atoms with van der Waals surface area (Å²) in [5, 5.41) is 0. The number of hydrogen-bond donors (Lipinski definition) is 0. The van der Waals surface area contributed by atoms with E-state index in [4.69, 9.17) is 4.74 Å². The molecule has 0 N–H and O–H groups in total. The summed E-state index contributed by atoms with van der Waals surface area (Å²) >= 11 is 0. The first-order valence-corrected chi connectivity index (χ1v) is 6.30. The molecule has 0 amide bonds. The number of methoxy groups -OCH3 is 1. The predicted octanol–water partition coefficient (Wildman–Crippen LogP) is 4.07. The smallest absolute Gasteiger partial charge is 0.337 e. The van der Waals surface area contributed by atoms with Gasteiger partial charge in [-0.15, -0.1) is 0 Å². The Bertz CT molecular complexity index is 607. The molecule has 0 aliphatic heterocycles. The third kappa shape index (κ3) is 2.53. The summed E-state index contributed by atoms with van der Waals surface area (Å²) in [5.74, 6) is -0.295. The van der Waals surface area contributed by atoms with E-state index in [2.05, 4.69) is 32.0 Å². The van der Waals surface area contributed by atoms with E-state index in [0.717, 1.165) is 5.56 Å². The van der Waals surface area contributed by atoms with Crippen molar-refractivity contribution >= 4 is 5.97 Å². The second kappa shape index (κ2) is 5.27. The summed E-state index contributed by atoms with van der Waals surface area (Å²) in [6.07, 6.45) is 0. The van der Waals surface area contributed by atoms with Crippen molar-refractivity contribution in [2.24, 2.45) is 0 Å². The van der Waals surface area contributed by atoms with Crippen LogP contribution in [0.2, 0.25) is 0 Å². The van der Waals surface area contributed by atoms with E-state index in [1.54, 1.807) is 0 Å². The molecule has 0 aliphatic rings. The zero-order valence-corrected chi connectivity index (χ0v) is 11.8. The molecule has 0 saturated heterocycles. The quantitative estimate of drug-likeness (QED) is 0.755. The Morgan fingerprint density at radius 3 is 2.11 bits per heavy atom. The molecule has 0 aliphatic carbocycles. The van der Waals surface area contributed by atoms with Crippen molar-refractivity contribution in [3.8, 4) is 11.1 Å². The van der Waals surface area contributed by atoms with E-state index in [1.165, 1.54) is 29.4 Å². The van der Waals surface area contributed by atoms with Crippen LogP contribution in [0, 0.1) is 20.8 Å². The maximum Gasteiger partial charge on any atom is 0.337 e. The van der Waals surface area contributed by atoms with Gasteiger partial charge >= 0.3 is 5.97 Å². The second-order valence-corrected chi connectivity index (χ2v) is 4.79. The minimum absolute atomic E-state index is 0.295. The molecule has 2 nitrogen and oxygen atoms in total. The molecule has 19 heavy (non-hydrogen) atoms. The van der Waals surface area contributed by atoms with Crippen LogP contribution in [0.25, 0.3) is 11.1 Å². The maximum absolute atomic E-state index is 11.5. The first kappa shape index (κ1) is 13.3. The molecule has 0 aromatic heterocycles. The van der Waals surface area contributed by atoms with Gasteiger partial charge < -0.3 is 4.74 Å². The molecule has 98 valence electrons. The number of ether oxygens (including phenoxy) is 1. The highest BCUT2D eigenvalue weighted by atomic mass is 16.5. The SMILES string of the molecule is COC(=O)c1ccc(-c2c(C)cccc2C)c(C)c1. The molecule has 0 radical (unpaired) electrons. The predicted molar refractivity (Wildman–Crippen MR) is 77.4 cm³/mol. The van der Waals surface area contributed by atoms with Gasteiger partial charge in [0.05, 0.1) is 12.7 Å². The first-order valence-electron chi connectivity index (χ1n) is 6.30. The van der Waals surface area contributed by atoms with Gasteiger partial charge in [0.2, 0.25) is 0 Å². The number of aryl methyl sites for hydroxylation is 3. The fraction of sp³-hybridized carbons (Fsp3) is 0.235. The van der Waals surface area contributed by atoms with Crippen molar-refractivity contribution in [1.29, 1.82) is 0 Å². The molecule has 2 aromatic rings. The molecule has 0 heterocycles. The Hall–Kier alpha value is -2.09. The van der Waals surface area contributed by atoms with Gasteiger partial charge in [-0.05, 0) is 60.7 Å². The standard InChI is InChI=1S/C17H18O2/c1-11-6-5-7-12(2)16(11)15-9-8-14(10-13(15)3)17(18)19-4/h5-10H,1-4H3. The van der Waals surface area contributed by atoms with Crippen LogP contribution < -0.4 is 0 Å². The fourth-order valence-electron chi connectivity index (χ4n) is 2.43. The van der Waals surface area contributed by atoms with Gasteiger partial charge in [-0.3, -0.25) is 0 Å². The van der Waals surface area contributed by atoms with Crippen LogP contribution in [0.1, 0.15) is 27.0 Å². The zero-order chi connectivity index (χ0) is 14.0. The first-order chi connectivity index (χ1) is 9.04. The van der Waals surface area contributed by atoms with E-state index in [1.807, 2.05) is 25.1 Å². The lowest BCUT2D eigenvalue weighted by Gasteiger charge is -2.13. The lowest BCUT2D eigenvalue weighted by atomic mass is 9.92. The van der Waals surface area contributed by atoms with Crippen molar-refractivity contribution < 1.29 is 9.53 Å². The third-order valence-corrected chi connectivity index (χ3v) is 3.40. The van der Waals surface area contributed by atoms with Crippen LogP contribution in [0.4, 0.5) is 0 Å². The van der Waals surface area contributed by atoms with Crippen molar-refractivity contribution in [3.05, 3.63) is 58.7 Å². The zero-order valence-electron chi connectivity index (χ0n) is 11.8. The molecular weight excluding hydrogens is 236 g/mol. The maximum atomic E-state index is 11.5. The highest BCUT2D eigenvalue weighted by molar-refractivity contribution is 5.90. The van der Waals surface area contributed by atoms with Gasteiger partial charge in [0.25, 0.3) is 0 Å². The van der Waals surface area contributed by atoms with Gasteiger partial charge in [0.1, 0.15) is 0 Å². The molecule has 2 rings (SSSR count). The van der Waals surface area contributed by atoms with E-state index < -0.39 is 0 Å². The summed E-state index contributed by atoms with van der Waals surface area (Å²) in [4.78, 5) is 11.5. The van der Waals surface area contributed by atoms with Gasteiger partial charge in [0.15, 0.2) is 0 Å². The highest BCUT2D eigenvalue weighted by Crippen LogP contribution is 2.30. The Balaban J connectivity index is 2.56. The van der Waals surface area contributed by atoms with Gasteiger partial charge in [-0.1, -0.05) is 24.3 Å². The van der Waals surface area contributed by atoms with Crippen LogP contribution in [-0.4, -0.2) is 13.1 Å². The molecule has 2 aromatic carbocycles. The van der Waals surface area contributed by atoms with E-state index in [-0.39, 0.29) is 5.97 Å². The normalized spacial score (nSPS) is 10.3. The molecular formula is C17H18O2. The monoisotopic (exact) mass is 254 g/mol. The number of rotatable bonds is 2. The molecule has 0 spiro atoms. The van der Waals surface area contributed by atoms with Crippen LogP contribution in [0.5, 0.6) is 0 Å². The average Bonchev–Trinajstić information content (AvgIpc) is 2.39. The molecule has 0 atom stereocenters. The van der Waals surface area contributed by atoms with Crippen molar-refractivity contribution in [2.45, 2.75) is 20.8 Å². The summed E-state index contributed by atoms with van der Waals surface area (Å²) in [6, 6.07) is 12.0. The summed E-state index contributed by atoms with van der Waals surface area (Å²) < 4.78 is 4.75. The van der Waals surface area contributed by atoms with Gasteiger partial charge in [-0.25, -0.2) is 4.79 Å². The lowest BCUT2D eigenvalue weighted by Crippen LogP contribution is -2.02. The van der Waals surface area contributed by atoms with E-state index in [0.29, 0.717) is 5.56 Å². The molecule has 2 heteroatoms. The summed E-state index contributed by atoms with van der Waals surface area (Å²) in [7, 11) is 1.40. The Labute approximate surface area is 114 Å². The minimum Gasteiger partial charge on any atom is -0.465 e. The van der Waals surface area contributed by atoms with Crippen molar-refractivity contribution in [3.63, 3.8) is 0 Å². The molecule has 0 unspecified atom stereocenters. The van der Waals surface area contributed by atoms with E-state index >= 15 is 0 Å². The van der Waals surface area contributed by atoms with Crippen LogP contribution >= 0.6 is 0 Å². The third-order valence-electron chi connectivity index (χ3n) is 3.40. The average molecular weight is 254 g/mol. The van der Waals surface area contributed by atoms with Gasteiger partial charge in [-0.2, -0.15) is 0 Å². The van der Waals surface area contributed by atoms with Crippen molar-refractivity contribution in [1.82, 2.24) is 0 Å². The Morgan fingerprint density at radius 1 is 0.947 bits per heavy atom. The largest absolute Gasteiger partial charge is 0.465 e. The summed E-state index contributed by atoms with van der Waals surface area (Å²) in [6.45, 7) is 6.24. The molecule has 0 saturated carbocycles. The van der Waals surface area contributed by atoms with Crippen LogP contribution in [0.15, 0.2) is 36.4 Å². The van der Waals surface area contributed by atoms with E-state index in [9.17, 15) is 4.79 Å². The number of benzene rings is 2. The lowest BCUT2D eigenvalue weighted by molar-refractivity contribution is 0.0600. The highest BCUT2D eigenvalue weighted by Gasteiger charge is 2.11. The second-order valence-electron chi connectivity index (χ2n) is 4.79. The number of carbonyl (C=O) groups is 1.